The molecule has 2 fully saturated rings. The molecule has 4 aromatic heterocycles. The molecule has 0 aliphatic heterocycles. The van der Waals surface area contributed by atoms with Crippen LogP contribution in [0.1, 0.15) is 90.1 Å². The molecule has 0 spiro atoms. The Morgan fingerprint density at radius 1 is 0.970 bits per heavy atom. The molecule has 3 aliphatic rings. The number of carbonyl (C=O) groups is 1. The highest BCUT2D eigenvalue weighted by Gasteiger charge is 2.67. The van der Waals surface area contributed by atoms with Gasteiger partial charge in [0.2, 0.25) is 21.9 Å². The lowest BCUT2D eigenvalue weighted by molar-refractivity contribution is -0.123. The SMILES string of the molecule is Cc1cc(C2(F)CCC(F)(F)CC2)nc2nc([C@H](Cc3cc(F)cc(F)c3)NC(=O)Cn3nc(C(F)F)c4c3C(F)(F)[C@@H]3C[C@H]43)n(-c3ccc(Cl)c4c(NS(C)(=O)=O)nn(CCBr)c34)c(=O)c12. The molecular weight excluding hydrogens is 1010 g/mol. The third-order valence-corrected chi connectivity index (χ3v) is 13.6. The van der Waals surface area contributed by atoms with Crippen LogP contribution in [0.2, 0.25) is 5.02 Å². The van der Waals surface area contributed by atoms with E-state index in [0.717, 1.165) is 23.0 Å². The number of sulfonamides is 1. The standard InChI is InChI=1S/C42H36BrClF9N9O4S/c1-18-11-27(40(49)5-7-41(50,51)8-6-40)55-36-29(18)39(64)62(26-4-3-24(44)31-33(26)60(10-9-43)58-37(31)59-67(2,65)66)38(56-36)25(14-19-12-20(45)15-21(46)13-19)54-28(63)17-61-34-30(32(57-61)35(47)48)22-16-23(22)42(34,52)53/h3-4,11-13,15,22-23,25,35H,5-10,14,16-17H2,1-2H3,(H,54,63)(H,58,59)/t22-,23+,25-/m0/s1. The largest absolute Gasteiger partial charge is 0.344 e. The Morgan fingerprint density at radius 2 is 1.66 bits per heavy atom. The molecule has 0 saturated heterocycles. The van der Waals surface area contributed by atoms with Gasteiger partial charge in [0, 0.05) is 42.1 Å². The topological polar surface area (TPSA) is 159 Å². The van der Waals surface area contributed by atoms with Crippen LogP contribution in [0, 0.1) is 24.5 Å². The first-order chi connectivity index (χ1) is 31.4. The molecule has 2 N–H and O–H groups in total. The highest BCUT2D eigenvalue weighted by Crippen LogP contribution is 2.68. The maximum absolute atomic E-state index is 16.7. The van der Waals surface area contributed by atoms with E-state index >= 15 is 18.0 Å². The van der Waals surface area contributed by atoms with Gasteiger partial charge < -0.3 is 5.32 Å². The second kappa shape index (κ2) is 16.5. The van der Waals surface area contributed by atoms with Crippen molar-refractivity contribution in [1.29, 1.82) is 0 Å². The van der Waals surface area contributed by atoms with E-state index in [2.05, 4.69) is 41.2 Å². The number of nitrogens with one attached hydrogen (secondary N) is 2. The minimum absolute atomic E-state index is 0.0173. The van der Waals surface area contributed by atoms with Crippen molar-refractivity contribution in [2.45, 2.75) is 94.4 Å². The van der Waals surface area contributed by atoms with Crippen molar-refractivity contribution in [2.75, 3.05) is 16.3 Å². The summed E-state index contributed by atoms with van der Waals surface area (Å²) in [6, 6.07) is 4.50. The summed E-state index contributed by atoms with van der Waals surface area (Å²) in [6.07, 6.45) is -5.97. The molecular formula is C42H36BrClF9N9O4S. The van der Waals surface area contributed by atoms with Crippen LogP contribution in [0.15, 0.2) is 41.2 Å². The van der Waals surface area contributed by atoms with Crippen molar-refractivity contribution in [2.24, 2.45) is 5.92 Å². The second-order valence-corrected chi connectivity index (χ2v) is 20.1. The van der Waals surface area contributed by atoms with Gasteiger partial charge in [0.25, 0.3) is 17.9 Å². The van der Waals surface area contributed by atoms with Crippen LogP contribution in [-0.4, -0.2) is 65.9 Å². The van der Waals surface area contributed by atoms with Gasteiger partial charge in [-0.25, -0.2) is 49.1 Å². The maximum Gasteiger partial charge on any atom is 0.293 e. The average Bonchev–Trinajstić information content (AvgIpc) is 3.75. The molecule has 3 aliphatic carbocycles. The summed E-state index contributed by atoms with van der Waals surface area (Å²) < 4.78 is 165. The molecule has 25 heteroatoms. The number of hydrogen-bond acceptors (Lipinski definition) is 8. The van der Waals surface area contributed by atoms with Crippen molar-refractivity contribution >= 4 is 71.2 Å². The van der Waals surface area contributed by atoms with Gasteiger partial charge in [-0.15, -0.1) is 0 Å². The Bertz CT molecular complexity index is 3190. The van der Waals surface area contributed by atoms with E-state index in [1.54, 1.807) is 0 Å². The van der Waals surface area contributed by atoms with Crippen molar-refractivity contribution in [3.05, 3.63) is 103 Å². The zero-order valence-electron chi connectivity index (χ0n) is 35.0. The third-order valence-electron chi connectivity index (χ3n) is 12.4. The number of halogens is 11. The minimum atomic E-state index is -4.01. The maximum atomic E-state index is 16.7. The predicted molar refractivity (Wildman–Crippen MR) is 230 cm³/mol. The lowest BCUT2D eigenvalue weighted by Crippen LogP contribution is -2.38. The second-order valence-electron chi connectivity index (χ2n) is 17.2. The van der Waals surface area contributed by atoms with E-state index in [1.807, 2.05) is 0 Å². The van der Waals surface area contributed by atoms with Gasteiger partial charge >= 0.3 is 0 Å². The number of pyridine rings is 1. The molecule has 2 aromatic carbocycles. The fourth-order valence-corrected chi connectivity index (χ4v) is 10.5. The lowest BCUT2D eigenvalue weighted by Gasteiger charge is -2.33. The quantitative estimate of drug-likeness (QED) is 0.0858. The number of aromatic nitrogens is 7. The number of benzene rings is 2. The van der Waals surface area contributed by atoms with E-state index < -0.39 is 136 Å². The lowest BCUT2D eigenvalue weighted by atomic mass is 9.81. The molecule has 3 atom stereocenters. The average molecular weight is 1050 g/mol. The Balaban J connectivity index is 1.28. The first kappa shape index (κ1) is 46.9. The molecule has 2 saturated carbocycles. The van der Waals surface area contributed by atoms with Crippen molar-refractivity contribution in [3.8, 4) is 5.69 Å². The summed E-state index contributed by atoms with van der Waals surface area (Å²) in [5.74, 6) is -13.0. The summed E-state index contributed by atoms with van der Waals surface area (Å²) in [5.41, 5.74) is -6.43. The van der Waals surface area contributed by atoms with Gasteiger partial charge in [-0.3, -0.25) is 28.2 Å². The predicted octanol–water partition coefficient (Wildman–Crippen LogP) is 8.95. The summed E-state index contributed by atoms with van der Waals surface area (Å²) >= 11 is 10.0. The minimum Gasteiger partial charge on any atom is -0.344 e. The van der Waals surface area contributed by atoms with E-state index in [1.165, 1.54) is 29.8 Å². The third kappa shape index (κ3) is 8.43. The first-order valence-electron chi connectivity index (χ1n) is 20.7. The Labute approximate surface area is 387 Å². The van der Waals surface area contributed by atoms with Crippen molar-refractivity contribution in [3.63, 3.8) is 0 Å². The number of aryl methyl sites for hydroxylation is 2. The van der Waals surface area contributed by atoms with Crippen LogP contribution in [0.25, 0.3) is 27.6 Å². The Hall–Kier alpha value is -5.23. The van der Waals surface area contributed by atoms with E-state index in [9.17, 15) is 39.6 Å². The highest BCUT2D eigenvalue weighted by molar-refractivity contribution is 9.09. The molecule has 9 rings (SSSR count). The number of rotatable bonds is 13. The van der Waals surface area contributed by atoms with E-state index in [-0.39, 0.29) is 73.5 Å². The smallest absolute Gasteiger partial charge is 0.293 e. The fourth-order valence-electron chi connectivity index (χ4n) is 9.40. The Kier molecular flexibility index (Phi) is 11.5. The van der Waals surface area contributed by atoms with Crippen molar-refractivity contribution in [1.82, 2.24) is 39.4 Å². The molecule has 0 radical (unpaired) electrons. The highest BCUT2D eigenvalue weighted by atomic mass is 79.9. The van der Waals surface area contributed by atoms with Crippen LogP contribution in [-0.2, 0) is 45.9 Å². The normalized spacial score (nSPS) is 19.7. The van der Waals surface area contributed by atoms with E-state index in [4.69, 9.17) is 16.6 Å². The van der Waals surface area contributed by atoms with Gasteiger partial charge in [-0.1, -0.05) is 27.5 Å². The Morgan fingerprint density at radius 3 is 2.30 bits per heavy atom. The molecule has 356 valence electrons. The van der Waals surface area contributed by atoms with Crippen LogP contribution < -0.4 is 15.6 Å². The first-order valence-corrected chi connectivity index (χ1v) is 24.0. The number of carbonyl (C=O) groups excluding carboxylic acids is 1. The zero-order chi connectivity index (χ0) is 48.3. The molecule has 0 bridgehead atoms. The number of hydrogen-bond donors (Lipinski definition) is 2. The summed E-state index contributed by atoms with van der Waals surface area (Å²) in [4.78, 5) is 38.6. The van der Waals surface area contributed by atoms with Gasteiger partial charge in [-0.05, 0) is 73.6 Å². The molecule has 13 nitrogen and oxygen atoms in total. The van der Waals surface area contributed by atoms with Crippen molar-refractivity contribution < 1.29 is 52.7 Å². The number of amides is 1. The van der Waals surface area contributed by atoms with Crippen LogP contribution >= 0.6 is 27.5 Å². The van der Waals surface area contributed by atoms with Gasteiger partial charge in [-0.2, -0.15) is 19.0 Å². The number of fused-ring (bicyclic) bond motifs is 5. The summed E-state index contributed by atoms with van der Waals surface area (Å²) in [6.45, 7) is 0.356. The molecule has 0 unspecified atom stereocenters. The van der Waals surface area contributed by atoms with Gasteiger partial charge in [0.15, 0.2) is 17.1 Å². The molecule has 1 amide bonds. The van der Waals surface area contributed by atoms with E-state index in [0.29, 0.717) is 10.7 Å². The molecule has 67 heavy (non-hydrogen) atoms. The van der Waals surface area contributed by atoms with Crippen LogP contribution in [0.3, 0.4) is 0 Å². The van der Waals surface area contributed by atoms with Gasteiger partial charge in [0.1, 0.15) is 35.4 Å². The van der Waals surface area contributed by atoms with Crippen LogP contribution in [0.5, 0.6) is 0 Å². The number of alkyl halides is 8. The fraction of sp³-hybridized carbons (Fsp3) is 0.429. The zero-order valence-corrected chi connectivity index (χ0v) is 38.1. The molecule has 6 aromatic rings. The number of anilines is 1. The molecule has 4 heterocycles. The van der Waals surface area contributed by atoms with Crippen LogP contribution in [0.4, 0.5) is 45.3 Å². The summed E-state index contributed by atoms with van der Waals surface area (Å²) in [5, 5.41) is 10.6. The number of nitrogens with zero attached hydrogens (tertiary/aromatic N) is 7. The monoisotopic (exact) mass is 1050 g/mol. The van der Waals surface area contributed by atoms with Gasteiger partial charge in [0.05, 0.1) is 51.5 Å². The summed E-state index contributed by atoms with van der Waals surface area (Å²) in [7, 11) is -4.01.